The number of aromatic nitrogens is 3. The van der Waals surface area contributed by atoms with Crippen LogP contribution in [0.25, 0.3) is 11.2 Å². The Morgan fingerprint density at radius 2 is 2.30 bits per heavy atom. The van der Waals surface area contributed by atoms with Crippen LogP contribution in [-0.2, 0) is 4.74 Å². The number of hydrogen-bond acceptors (Lipinski definition) is 4. The molecule has 1 aliphatic carbocycles. The minimum absolute atomic E-state index is 0.0331. The van der Waals surface area contributed by atoms with Crippen LogP contribution < -0.4 is 5.43 Å². The number of allylic oxidation sites excluding steroid dienone is 4. The summed E-state index contributed by atoms with van der Waals surface area (Å²) in [4.78, 5) is 28.6. The highest BCUT2D eigenvalue weighted by Crippen LogP contribution is 2.27. The molecule has 0 radical (unpaired) electrons. The van der Waals surface area contributed by atoms with Gasteiger partial charge in [-0.15, -0.1) is 0 Å². The number of nitrogens with one attached hydrogen (secondary N) is 1. The van der Waals surface area contributed by atoms with Gasteiger partial charge >= 0.3 is 5.97 Å². The summed E-state index contributed by atoms with van der Waals surface area (Å²) in [5.41, 5.74) is 2.72. The van der Waals surface area contributed by atoms with E-state index in [1.165, 1.54) is 16.3 Å². The van der Waals surface area contributed by atoms with Gasteiger partial charge in [-0.05, 0) is 31.8 Å². The maximum Gasteiger partial charge on any atom is 0.343 e. The van der Waals surface area contributed by atoms with Gasteiger partial charge in [0.15, 0.2) is 0 Å². The second-order valence-corrected chi connectivity index (χ2v) is 5.85. The van der Waals surface area contributed by atoms with E-state index in [1.54, 1.807) is 13.1 Å². The molecule has 3 rings (SSSR count). The van der Waals surface area contributed by atoms with Crippen LogP contribution in [0.4, 0.5) is 0 Å². The van der Waals surface area contributed by atoms with Gasteiger partial charge in [-0.3, -0.25) is 9.89 Å². The van der Waals surface area contributed by atoms with Crippen LogP contribution in [0.1, 0.15) is 43.2 Å². The molecule has 6 heteroatoms. The third-order valence-electron chi connectivity index (χ3n) is 3.80. The van der Waals surface area contributed by atoms with Crippen molar-refractivity contribution in [3.8, 4) is 0 Å². The van der Waals surface area contributed by atoms with Crippen LogP contribution in [0.15, 0.2) is 34.9 Å². The summed E-state index contributed by atoms with van der Waals surface area (Å²) >= 11 is 0. The molecule has 0 amide bonds. The Morgan fingerprint density at radius 1 is 1.52 bits per heavy atom. The largest absolute Gasteiger partial charge is 0.462 e. The van der Waals surface area contributed by atoms with E-state index < -0.39 is 11.4 Å². The zero-order valence-corrected chi connectivity index (χ0v) is 13.4. The molecule has 0 aliphatic heterocycles. The van der Waals surface area contributed by atoms with E-state index in [4.69, 9.17) is 4.74 Å². The molecule has 0 fully saturated rings. The van der Waals surface area contributed by atoms with Crippen LogP contribution >= 0.6 is 0 Å². The molecule has 0 spiro atoms. The number of H-pyrrole nitrogens is 1. The van der Waals surface area contributed by atoms with Crippen LogP contribution in [-0.4, -0.2) is 27.2 Å². The molecule has 2 heterocycles. The number of esters is 1. The van der Waals surface area contributed by atoms with Gasteiger partial charge in [0.25, 0.3) is 0 Å². The smallest absolute Gasteiger partial charge is 0.343 e. The Kier molecular flexibility index (Phi) is 3.90. The summed E-state index contributed by atoms with van der Waals surface area (Å²) in [5.74, 6) is -0.201. The lowest BCUT2D eigenvalue weighted by molar-refractivity contribution is 0.0524. The maximum atomic E-state index is 12.4. The van der Waals surface area contributed by atoms with Crippen LogP contribution in [0.2, 0.25) is 0 Å². The third kappa shape index (κ3) is 2.84. The molecular formula is C17H19N3O3. The quantitative estimate of drug-likeness (QED) is 0.884. The predicted octanol–water partition coefficient (Wildman–Crippen LogP) is 2.57. The maximum absolute atomic E-state index is 12.4. The molecule has 0 aromatic carbocycles. The molecule has 2 aromatic rings. The average molecular weight is 313 g/mol. The summed E-state index contributed by atoms with van der Waals surface area (Å²) in [7, 11) is 0. The molecule has 0 bridgehead atoms. The molecule has 1 unspecified atom stereocenters. The lowest BCUT2D eigenvalue weighted by Crippen LogP contribution is -2.20. The van der Waals surface area contributed by atoms with Crippen molar-refractivity contribution >= 4 is 17.2 Å². The Balaban J connectivity index is 2.08. The van der Waals surface area contributed by atoms with Crippen molar-refractivity contribution in [1.29, 1.82) is 0 Å². The number of rotatable bonds is 3. The molecule has 2 aromatic heterocycles. The lowest BCUT2D eigenvalue weighted by atomic mass is 9.91. The molecule has 0 saturated heterocycles. The number of hydrogen-bond donors (Lipinski definition) is 1. The zero-order valence-electron chi connectivity index (χ0n) is 13.4. The van der Waals surface area contributed by atoms with Gasteiger partial charge < -0.3 is 4.74 Å². The summed E-state index contributed by atoms with van der Waals surface area (Å²) in [6.07, 6.45) is 8.38. The van der Waals surface area contributed by atoms with Gasteiger partial charge in [-0.25, -0.2) is 14.3 Å². The highest BCUT2D eigenvalue weighted by molar-refractivity contribution is 5.90. The first kappa shape index (κ1) is 15.3. The summed E-state index contributed by atoms with van der Waals surface area (Å²) in [5, 5.41) is 2.89. The Hall–Kier alpha value is -2.63. The molecule has 0 saturated carbocycles. The van der Waals surface area contributed by atoms with Gasteiger partial charge in [-0.2, -0.15) is 0 Å². The number of nitrogens with zero attached hydrogens (tertiary/aromatic N) is 2. The Bertz CT molecular complexity index is 886. The highest BCUT2D eigenvalue weighted by Gasteiger charge is 2.18. The first-order valence-electron chi connectivity index (χ1n) is 7.67. The third-order valence-corrected chi connectivity index (χ3v) is 3.80. The number of ether oxygens (including phenoxy) is 1. The van der Waals surface area contributed by atoms with Crippen LogP contribution in [0.3, 0.4) is 0 Å². The fourth-order valence-corrected chi connectivity index (χ4v) is 2.86. The molecule has 1 atom stereocenters. The topological polar surface area (TPSA) is 76.5 Å². The van der Waals surface area contributed by atoms with Gasteiger partial charge in [0, 0.05) is 6.20 Å². The van der Waals surface area contributed by atoms with Crippen LogP contribution in [0.5, 0.6) is 0 Å². The monoisotopic (exact) mass is 313 g/mol. The number of carbonyl (C=O) groups is 1. The van der Waals surface area contributed by atoms with Crippen LogP contribution in [0, 0.1) is 5.92 Å². The minimum Gasteiger partial charge on any atom is -0.462 e. The summed E-state index contributed by atoms with van der Waals surface area (Å²) in [6.45, 7) is 6.15. The molecule has 1 N–H and O–H groups in total. The van der Waals surface area contributed by atoms with Crippen molar-refractivity contribution in [2.45, 2.75) is 27.2 Å². The van der Waals surface area contributed by atoms with Gasteiger partial charge in [-0.1, -0.05) is 24.6 Å². The first-order valence-corrected chi connectivity index (χ1v) is 7.67. The highest BCUT2D eigenvalue weighted by atomic mass is 16.5. The standard InChI is InChI=1S/C17H19N3O3/c1-4-23-17(22)13-8-18-20-9-14(19-16(20)15(13)21)12-6-10(2)5-11(3)7-12/h6-10,18H,4-5H2,1-3H3. The zero-order chi connectivity index (χ0) is 16.6. The van der Waals surface area contributed by atoms with Crippen molar-refractivity contribution in [2.75, 3.05) is 6.61 Å². The van der Waals surface area contributed by atoms with Crippen molar-refractivity contribution < 1.29 is 9.53 Å². The SMILES string of the molecule is CCOC(=O)c1c[nH]n2cc(C3=CC(C)CC(C)=C3)nc2c1=O. The number of carbonyl (C=O) groups excluding carboxylic acids is 1. The van der Waals surface area contributed by atoms with Crippen molar-refractivity contribution in [3.63, 3.8) is 0 Å². The van der Waals surface area contributed by atoms with Gasteiger partial charge in [0.1, 0.15) is 5.56 Å². The number of aromatic amines is 1. The summed E-state index contributed by atoms with van der Waals surface area (Å²) < 4.78 is 6.42. The molecular weight excluding hydrogens is 294 g/mol. The molecule has 1 aliphatic rings. The molecule has 23 heavy (non-hydrogen) atoms. The Morgan fingerprint density at radius 3 is 3.00 bits per heavy atom. The molecule has 6 nitrogen and oxygen atoms in total. The second-order valence-electron chi connectivity index (χ2n) is 5.85. The fourth-order valence-electron chi connectivity index (χ4n) is 2.86. The predicted molar refractivity (Wildman–Crippen MR) is 87.3 cm³/mol. The minimum atomic E-state index is -0.637. The van der Waals surface area contributed by atoms with E-state index in [0.29, 0.717) is 11.6 Å². The second kappa shape index (κ2) is 5.87. The lowest BCUT2D eigenvalue weighted by Gasteiger charge is -2.14. The van der Waals surface area contributed by atoms with Gasteiger partial charge in [0.05, 0.1) is 18.5 Å². The van der Waals surface area contributed by atoms with E-state index in [2.05, 4.69) is 36.1 Å². The van der Waals surface area contributed by atoms with Crippen molar-refractivity contribution in [3.05, 3.63) is 51.6 Å². The Labute approximate surface area is 133 Å². The van der Waals surface area contributed by atoms with E-state index in [0.717, 1.165) is 12.0 Å². The first-order chi connectivity index (χ1) is 11.0. The van der Waals surface area contributed by atoms with Crippen molar-refractivity contribution in [2.24, 2.45) is 5.92 Å². The van der Waals surface area contributed by atoms with E-state index in [1.807, 2.05) is 0 Å². The van der Waals surface area contributed by atoms with E-state index in [-0.39, 0.29) is 17.8 Å². The fraction of sp³-hybridized carbons (Fsp3) is 0.353. The molecule has 120 valence electrons. The van der Waals surface area contributed by atoms with E-state index >= 15 is 0 Å². The van der Waals surface area contributed by atoms with E-state index in [9.17, 15) is 9.59 Å². The number of imidazole rings is 1. The summed E-state index contributed by atoms with van der Waals surface area (Å²) in [6, 6.07) is 0. The number of fused-ring (bicyclic) bond motifs is 1. The van der Waals surface area contributed by atoms with Gasteiger partial charge in [0.2, 0.25) is 11.1 Å². The average Bonchev–Trinajstić information content (AvgIpc) is 2.92. The van der Waals surface area contributed by atoms with Crippen molar-refractivity contribution in [1.82, 2.24) is 14.6 Å². The normalized spacial score (nSPS) is 17.8.